The van der Waals surface area contributed by atoms with Crippen LogP contribution in [0.2, 0.25) is 0 Å². The van der Waals surface area contributed by atoms with Gasteiger partial charge in [-0.1, -0.05) is 0 Å². The molecule has 2 aliphatic rings. The number of nitrogens with zero attached hydrogens (tertiary/aromatic N) is 4. The molecule has 0 unspecified atom stereocenters. The number of likely N-dealkylation sites (tertiary alicyclic amines) is 1. The minimum atomic E-state index is -0.00302. The van der Waals surface area contributed by atoms with Crippen molar-refractivity contribution in [2.24, 2.45) is 0 Å². The van der Waals surface area contributed by atoms with Crippen molar-refractivity contribution in [1.29, 1.82) is 0 Å². The van der Waals surface area contributed by atoms with E-state index in [1.54, 1.807) is 5.38 Å². The molecule has 7 nitrogen and oxygen atoms in total. The van der Waals surface area contributed by atoms with Gasteiger partial charge in [-0.15, -0.1) is 11.3 Å². The van der Waals surface area contributed by atoms with Gasteiger partial charge in [0, 0.05) is 49.7 Å². The molecule has 0 atom stereocenters. The second-order valence-corrected chi connectivity index (χ2v) is 7.52. The highest BCUT2D eigenvalue weighted by atomic mass is 32.1. The first-order chi connectivity index (χ1) is 12.7. The summed E-state index contributed by atoms with van der Waals surface area (Å²) < 4.78 is 5.40. The molecule has 1 N–H and O–H groups in total. The number of aromatic hydroxyl groups is 1. The monoisotopic (exact) mass is 374 g/mol. The lowest BCUT2D eigenvalue weighted by molar-refractivity contribution is 0.0715. The van der Waals surface area contributed by atoms with E-state index in [1.807, 2.05) is 17.2 Å². The third-order valence-corrected chi connectivity index (χ3v) is 5.84. The molecule has 0 bridgehead atoms. The lowest BCUT2D eigenvalue weighted by Crippen LogP contribution is -2.38. The Balaban J connectivity index is 1.39. The molecular weight excluding hydrogens is 352 g/mol. The van der Waals surface area contributed by atoms with Crippen molar-refractivity contribution in [2.45, 2.75) is 18.8 Å². The number of hydrogen-bond donors (Lipinski definition) is 1. The van der Waals surface area contributed by atoms with Gasteiger partial charge in [0.25, 0.3) is 5.91 Å². The Labute approximate surface area is 156 Å². The zero-order valence-corrected chi connectivity index (χ0v) is 15.3. The highest BCUT2D eigenvalue weighted by Gasteiger charge is 2.27. The van der Waals surface area contributed by atoms with Crippen molar-refractivity contribution < 1.29 is 14.6 Å². The molecule has 138 valence electrons. The van der Waals surface area contributed by atoms with Crippen LogP contribution in [0.25, 0.3) is 0 Å². The second kappa shape index (κ2) is 7.59. The summed E-state index contributed by atoms with van der Waals surface area (Å²) in [5.41, 5.74) is 0. The molecule has 2 fully saturated rings. The van der Waals surface area contributed by atoms with Crippen molar-refractivity contribution in [3.05, 3.63) is 34.4 Å². The molecule has 26 heavy (non-hydrogen) atoms. The zero-order valence-electron chi connectivity index (χ0n) is 14.5. The molecule has 0 radical (unpaired) electrons. The number of thiophene rings is 1. The quantitative estimate of drug-likeness (QED) is 0.886. The van der Waals surface area contributed by atoms with E-state index in [0.717, 1.165) is 50.8 Å². The summed E-state index contributed by atoms with van der Waals surface area (Å²) in [6.07, 6.45) is 3.55. The van der Waals surface area contributed by atoms with Gasteiger partial charge in [0.1, 0.15) is 17.4 Å². The fourth-order valence-corrected chi connectivity index (χ4v) is 4.20. The first-order valence-electron chi connectivity index (χ1n) is 8.93. The summed E-state index contributed by atoms with van der Waals surface area (Å²) >= 11 is 1.28. The summed E-state index contributed by atoms with van der Waals surface area (Å²) in [7, 11) is 0. The summed E-state index contributed by atoms with van der Waals surface area (Å²) in [5, 5.41) is 11.0. The lowest BCUT2D eigenvalue weighted by atomic mass is 9.96. The molecule has 2 aliphatic heterocycles. The van der Waals surface area contributed by atoms with Crippen molar-refractivity contribution in [2.75, 3.05) is 44.3 Å². The van der Waals surface area contributed by atoms with Crippen LogP contribution in [0.15, 0.2) is 23.7 Å². The van der Waals surface area contributed by atoms with Gasteiger partial charge in [0.2, 0.25) is 0 Å². The standard InChI is InChI=1S/C18H22N4O3S/c23-14-11-15(26-12-14)18(24)22-5-2-13(3-6-22)17-19-4-1-16(20-17)21-7-9-25-10-8-21/h1,4,11-13,23H,2-3,5-10H2. The number of piperidine rings is 1. The molecule has 0 aliphatic carbocycles. The Morgan fingerprint density at radius 3 is 2.69 bits per heavy atom. The summed E-state index contributed by atoms with van der Waals surface area (Å²) in [6, 6.07) is 3.49. The topological polar surface area (TPSA) is 78.8 Å². The Morgan fingerprint density at radius 1 is 1.23 bits per heavy atom. The van der Waals surface area contributed by atoms with Gasteiger partial charge in [-0.3, -0.25) is 4.79 Å². The van der Waals surface area contributed by atoms with Crippen LogP contribution in [0.1, 0.15) is 34.3 Å². The van der Waals surface area contributed by atoms with E-state index in [9.17, 15) is 9.90 Å². The molecule has 2 saturated heterocycles. The van der Waals surface area contributed by atoms with Crippen LogP contribution >= 0.6 is 11.3 Å². The van der Waals surface area contributed by atoms with E-state index in [2.05, 4.69) is 9.88 Å². The number of morpholine rings is 1. The number of carbonyl (C=O) groups is 1. The third kappa shape index (κ3) is 3.66. The predicted molar refractivity (Wildman–Crippen MR) is 98.9 cm³/mol. The molecule has 2 aromatic heterocycles. The van der Waals surface area contributed by atoms with Crippen molar-refractivity contribution >= 4 is 23.1 Å². The molecule has 0 spiro atoms. The van der Waals surface area contributed by atoms with E-state index in [1.165, 1.54) is 17.4 Å². The maximum absolute atomic E-state index is 12.5. The summed E-state index contributed by atoms with van der Waals surface area (Å²) in [4.78, 5) is 26.4. The first kappa shape index (κ1) is 17.2. The fraction of sp³-hybridized carbons (Fsp3) is 0.500. The van der Waals surface area contributed by atoms with Crippen LogP contribution in [-0.4, -0.2) is 65.3 Å². The van der Waals surface area contributed by atoms with Crippen molar-refractivity contribution in [3.8, 4) is 5.75 Å². The molecule has 0 aromatic carbocycles. The minimum absolute atomic E-state index is 0.00302. The molecule has 1 amide bonds. The SMILES string of the molecule is O=C(c1cc(O)cs1)N1CCC(c2nccc(N3CCOCC3)n2)CC1. The highest BCUT2D eigenvalue weighted by molar-refractivity contribution is 7.12. The van der Waals surface area contributed by atoms with Gasteiger partial charge >= 0.3 is 0 Å². The van der Waals surface area contributed by atoms with Gasteiger partial charge in [0.15, 0.2) is 0 Å². The van der Waals surface area contributed by atoms with E-state index >= 15 is 0 Å². The normalized spacial score (nSPS) is 18.9. The number of anilines is 1. The van der Waals surface area contributed by atoms with Crippen LogP contribution in [0.4, 0.5) is 5.82 Å². The van der Waals surface area contributed by atoms with Crippen LogP contribution in [0.3, 0.4) is 0 Å². The number of amides is 1. The maximum Gasteiger partial charge on any atom is 0.264 e. The summed E-state index contributed by atoms with van der Waals surface area (Å²) in [5.74, 6) is 2.26. The van der Waals surface area contributed by atoms with E-state index in [4.69, 9.17) is 9.72 Å². The molecule has 2 aromatic rings. The number of rotatable bonds is 3. The molecule has 4 heterocycles. The number of hydrogen-bond acceptors (Lipinski definition) is 7. The van der Waals surface area contributed by atoms with Crippen LogP contribution in [0, 0.1) is 0 Å². The number of aromatic nitrogens is 2. The largest absolute Gasteiger partial charge is 0.507 e. The molecule has 8 heteroatoms. The average molecular weight is 374 g/mol. The molecule has 4 rings (SSSR count). The minimum Gasteiger partial charge on any atom is -0.507 e. The van der Waals surface area contributed by atoms with Crippen LogP contribution < -0.4 is 4.90 Å². The van der Waals surface area contributed by atoms with Gasteiger partial charge in [-0.2, -0.15) is 0 Å². The zero-order chi connectivity index (χ0) is 17.9. The number of carbonyl (C=O) groups excluding carboxylic acids is 1. The molecule has 0 saturated carbocycles. The highest BCUT2D eigenvalue weighted by Crippen LogP contribution is 2.29. The Kier molecular flexibility index (Phi) is 5.03. The van der Waals surface area contributed by atoms with Crippen LogP contribution in [-0.2, 0) is 4.74 Å². The Morgan fingerprint density at radius 2 is 2.00 bits per heavy atom. The average Bonchev–Trinajstić information content (AvgIpc) is 3.15. The first-order valence-corrected chi connectivity index (χ1v) is 9.81. The summed E-state index contributed by atoms with van der Waals surface area (Å²) in [6.45, 7) is 4.56. The third-order valence-electron chi connectivity index (χ3n) is 4.94. The molecular formula is C18H22N4O3S. The lowest BCUT2D eigenvalue weighted by Gasteiger charge is -2.32. The Hall–Kier alpha value is -2.19. The predicted octanol–water partition coefficient (Wildman–Crippen LogP) is 2.10. The van der Waals surface area contributed by atoms with Crippen molar-refractivity contribution in [3.63, 3.8) is 0 Å². The van der Waals surface area contributed by atoms with Gasteiger partial charge in [-0.05, 0) is 18.9 Å². The van der Waals surface area contributed by atoms with Crippen molar-refractivity contribution in [1.82, 2.24) is 14.9 Å². The van der Waals surface area contributed by atoms with E-state index < -0.39 is 0 Å². The smallest absolute Gasteiger partial charge is 0.264 e. The van der Waals surface area contributed by atoms with Gasteiger partial charge in [0.05, 0.1) is 18.1 Å². The van der Waals surface area contributed by atoms with Crippen LogP contribution in [0.5, 0.6) is 5.75 Å². The van der Waals surface area contributed by atoms with Gasteiger partial charge in [-0.25, -0.2) is 9.97 Å². The van der Waals surface area contributed by atoms with Gasteiger partial charge < -0.3 is 19.6 Å². The maximum atomic E-state index is 12.5. The fourth-order valence-electron chi connectivity index (χ4n) is 3.46. The van der Waals surface area contributed by atoms with E-state index in [0.29, 0.717) is 18.0 Å². The van der Waals surface area contributed by atoms with E-state index in [-0.39, 0.29) is 17.6 Å². The second-order valence-electron chi connectivity index (χ2n) is 6.61. The number of ether oxygens (including phenoxy) is 1. The Bertz CT molecular complexity index is 767.